The quantitative estimate of drug-likeness (QED) is 0.488. The first-order valence-corrected chi connectivity index (χ1v) is 10.4. The number of hydrogen-bond acceptors (Lipinski definition) is 3. The molecule has 2 amide bonds. The Morgan fingerprint density at radius 1 is 0.828 bits per heavy atom. The highest BCUT2D eigenvalue weighted by Gasteiger charge is 2.18. The number of rotatable bonds is 6. The van der Waals surface area contributed by atoms with Crippen LogP contribution in [-0.4, -0.2) is 23.3 Å². The molecule has 0 saturated carbocycles. The predicted octanol–water partition coefficient (Wildman–Crippen LogP) is 4.71. The first-order valence-electron chi connectivity index (χ1n) is 9.23. The molecule has 29 heavy (non-hydrogen) atoms. The smallest absolute Gasteiger partial charge is 0.234 e. The molecule has 3 aromatic carbocycles. The van der Waals surface area contributed by atoms with Gasteiger partial charge in [-0.3, -0.25) is 9.59 Å². The number of hydrogen-bond donors (Lipinski definition) is 2. The minimum atomic E-state index is -0.484. The summed E-state index contributed by atoms with van der Waals surface area (Å²) in [4.78, 5) is 24.1. The monoisotopic (exact) mass is 406 g/mol. The first-order chi connectivity index (χ1) is 14.1. The van der Waals surface area contributed by atoms with Crippen LogP contribution in [0.1, 0.15) is 11.1 Å². The Balaban J connectivity index is 1.29. The van der Waals surface area contributed by atoms with Crippen LogP contribution >= 0.6 is 11.8 Å². The second kappa shape index (κ2) is 8.49. The summed E-state index contributed by atoms with van der Waals surface area (Å²) in [6.45, 7) is 0. The molecule has 2 N–H and O–H groups in total. The molecule has 0 fully saturated rings. The third kappa shape index (κ3) is 4.49. The van der Waals surface area contributed by atoms with Crippen molar-refractivity contribution in [3.63, 3.8) is 0 Å². The summed E-state index contributed by atoms with van der Waals surface area (Å²) in [5, 5.41) is 5.39. The fourth-order valence-electron chi connectivity index (χ4n) is 3.38. The molecule has 3 aromatic rings. The van der Waals surface area contributed by atoms with Crippen molar-refractivity contribution in [2.75, 3.05) is 22.1 Å². The van der Waals surface area contributed by atoms with Gasteiger partial charge in [0.05, 0.1) is 17.2 Å². The lowest BCUT2D eigenvalue weighted by molar-refractivity contribution is -0.114. The van der Waals surface area contributed by atoms with E-state index in [2.05, 4.69) is 22.8 Å². The van der Waals surface area contributed by atoms with Crippen molar-refractivity contribution < 1.29 is 14.0 Å². The standard InChI is InChI=1S/C23H19FN2O2S/c24-20-7-3-4-8-21(20)26-23(28)14-29-13-22(27)25-17-10-9-16-11-15-5-1-2-6-18(15)19(16)12-17/h1-10,12H,11,13-14H2,(H,25,27)(H,26,28). The van der Waals surface area contributed by atoms with Crippen molar-refractivity contribution in [3.8, 4) is 11.1 Å². The molecule has 0 heterocycles. The third-order valence-corrected chi connectivity index (χ3v) is 5.63. The van der Waals surface area contributed by atoms with Crippen LogP contribution < -0.4 is 10.6 Å². The van der Waals surface area contributed by atoms with Gasteiger partial charge >= 0.3 is 0 Å². The summed E-state index contributed by atoms with van der Waals surface area (Å²) in [5.41, 5.74) is 5.78. The van der Waals surface area contributed by atoms with Gasteiger partial charge in [0.15, 0.2) is 0 Å². The van der Waals surface area contributed by atoms with Crippen molar-refractivity contribution in [1.29, 1.82) is 0 Å². The number of carbonyl (C=O) groups excluding carboxylic acids is 2. The second-order valence-corrected chi connectivity index (χ2v) is 7.76. The van der Waals surface area contributed by atoms with Gasteiger partial charge < -0.3 is 10.6 Å². The first kappa shape index (κ1) is 19.2. The lowest BCUT2D eigenvalue weighted by atomic mass is 10.1. The van der Waals surface area contributed by atoms with E-state index >= 15 is 0 Å². The van der Waals surface area contributed by atoms with Gasteiger partial charge in [-0.2, -0.15) is 0 Å². The van der Waals surface area contributed by atoms with Crippen LogP contribution in [-0.2, 0) is 16.0 Å². The van der Waals surface area contributed by atoms with Gasteiger partial charge in [-0.1, -0.05) is 42.5 Å². The number of carbonyl (C=O) groups is 2. The molecule has 1 aliphatic carbocycles. The highest BCUT2D eigenvalue weighted by Crippen LogP contribution is 2.37. The third-order valence-electron chi connectivity index (χ3n) is 4.70. The van der Waals surface area contributed by atoms with Gasteiger partial charge in [0.25, 0.3) is 0 Å². The highest BCUT2D eigenvalue weighted by molar-refractivity contribution is 8.00. The summed E-state index contributed by atoms with van der Waals surface area (Å²) < 4.78 is 13.5. The number of para-hydroxylation sites is 1. The maximum absolute atomic E-state index is 13.5. The number of thioether (sulfide) groups is 1. The second-order valence-electron chi connectivity index (χ2n) is 6.77. The fraction of sp³-hybridized carbons (Fsp3) is 0.130. The molecule has 0 unspecified atom stereocenters. The van der Waals surface area contributed by atoms with Crippen molar-refractivity contribution in [3.05, 3.63) is 83.7 Å². The molecule has 0 spiro atoms. The van der Waals surface area contributed by atoms with Gasteiger partial charge in [0, 0.05) is 5.69 Å². The molecule has 0 radical (unpaired) electrons. The van der Waals surface area contributed by atoms with Crippen LogP contribution in [0.25, 0.3) is 11.1 Å². The summed E-state index contributed by atoms with van der Waals surface area (Å²) in [6, 6.07) is 20.2. The van der Waals surface area contributed by atoms with E-state index in [1.54, 1.807) is 12.1 Å². The van der Waals surface area contributed by atoms with Crippen molar-refractivity contribution in [2.24, 2.45) is 0 Å². The van der Waals surface area contributed by atoms with E-state index in [0.29, 0.717) is 0 Å². The molecule has 0 aromatic heterocycles. The molecule has 146 valence electrons. The zero-order valence-corrected chi connectivity index (χ0v) is 16.4. The molecule has 0 saturated heterocycles. The maximum atomic E-state index is 13.5. The lowest BCUT2D eigenvalue weighted by Crippen LogP contribution is -2.18. The molecule has 6 heteroatoms. The van der Waals surface area contributed by atoms with Crippen LogP contribution in [0, 0.1) is 5.82 Å². The number of fused-ring (bicyclic) bond motifs is 3. The summed E-state index contributed by atoms with van der Waals surface area (Å²) in [5.74, 6) is -0.804. The number of benzene rings is 3. The Bertz CT molecular complexity index is 1080. The lowest BCUT2D eigenvalue weighted by Gasteiger charge is -2.09. The summed E-state index contributed by atoms with van der Waals surface area (Å²) in [6.07, 6.45) is 0.909. The SMILES string of the molecule is O=C(CSCC(=O)Nc1ccccc1F)Nc1ccc2c(c1)-c1ccccc1C2. The molecule has 0 aliphatic heterocycles. The Hall–Kier alpha value is -3.12. The van der Waals surface area contributed by atoms with E-state index in [-0.39, 0.29) is 29.0 Å². The average Bonchev–Trinajstić information content (AvgIpc) is 3.08. The van der Waals surface area contributed by atoms with Crippen molar-refractivity contribution in [1.82, 2.24) is 0 Å². The molecule has 4 nitrogen and oxygen atoms in total. The number of halogens is 1. The summed E-state index contributed by atoms with van der Waals surface area (Å²) >= 11 is 1.18. The highest BCUT2D eigenvalue weighted by atomic mass is 32.2. The topological polar surface area (TPSA) is 58.2 Å². The molecule has 4 rings (SSSR count). The Labute approximate surface area is 172 Å². The van der Waals surface area contributed by atoms with Gasteiger partial charge in [0.1, 0.15) is 5.82 Å². The van der Waals surface area contributed by atoms with Gasteiger partial charge in [-0.15, -0.1) is 11.8 Å². The average molecular weight is 406 g/mol. The molecular weight excluding hydrogens is 387 g/mol. The number of anilines is 2. The zero-order chi connectivity index (χ0) is 20.2. The molecule has 0 atom stereocenters. The zero-order valence-electron chi connectivity index (χ0n) is 15.6. The van der Waals surface area contributed by atoms with Crippen LogP contribution in [0.3, 0.4) is 0 Å². The minimum Gasteiger partial charge on any atom is -0.325 e. The number of amides is 2. The van der Waals surface area contributed by atoms with E-state index in [1.807, 2.05) is 30.3 Å². The van der Waals surface area contributed by atoms with E-state index < -0.39 is 5.82 Å². The molecule has 1 aliphatic rings. The van der Waals surface area contributed by atoms with Crippen LogP contribution in [0.15, 0.2) is 66.7 Å². The van der Waals surface area contributed by atoms with Crippen LogP contribution in [0.4, 0.5) is 15.8 Å². The molecule has 0 bridgehead atoms. The van der Waals surface area contributed by atoms with Gasteiger partial charge in [0.2, 0.25) is 11.8 Å². The van der Waals surface area contributed by atoms with E-state index in [0.717, 1.165) is 17.7 Å². The largest absolute Gasteiger partial charge is 0.325 e. The van der Waals surface area contributed by atoms with Crippen LogP contribution in [0.5, 0.6) is 0 Å². The van der Waals surface area contributed by atoms with Crippen LogP contribution in [0.2, 0.25) is 0 Å². The van der Waals surface area contributed by atoms with Crippen molar-refractivity contribution >= 4 is 35.0 Å². The molecular formula is C23H19FN2O2S. The van der Waals surface area contributed by atoms with Gasteiger partial charge in [-0.25, -0.2) is 4.39 Å². The fourth-order valence-corrected chi connectivity index (χ4v) is 4.00. The predicted molar refractivity (Wildman–Crippen MR) is 116 cm³/mol. The normalized spacial score (nSPS) is 11.5. The number of nitrogens with one attached hydrogen (secondary N) is 2. The van der Waals surface area contributed by atoms with E-state index in [1.165, 1.54) is 40.6 Å². The summed E-state index contributed by atoms with van der Waals surface area (Å²) in [7, 11) is 0. The van der Waals surface area contributed by atoms with Gasteiger partial charge in [-0.05, 0) is 52.9 Å². The minimum absolute atomic E-state index is 0.0688. The Morgan fingerprint density at radius 3 is 2.34 bits per heavy atom. The van der Waals surface area contributed by atoms with Crippen molar-refractivity contribution in [2.45, 2.75) is 6.42 Å². The Morgan fingerprint density at radius 2 is 1.52 bits per heavy atom. The Kier molecular flexibility index (Phi) is 5.62. The van der Waals surface area contributed by atoms with E-state index in [4.69, 9.17) is 0 Å². The van der Waals surface area contributed by atoms with E-state index in [9.17, 15) is 14.0 Å². The maximum Gasteiger partial charge on any atom is 0.234 e.